The molecule has 0 radical (unpaired) electrons. The molecule has 7 nitrogen and oxygen atoms in total. The largest absolute Gasteiger partial charge is 0.362 e. The molecule has 1 saturated heterocycles. The summed E-state index contributed by atoms with van der Waals surface area (Å²) in [6.45, 7) is 0.866. The first-order valence-corrected chi connectivity index (χ1v) is 9.23. The molecule has 0 bridgehead atoms. The fraction of sp³-hybridized carbons (Fsp3) is 0.467. The molecule has 1 aliphatic rings. The Labute approximate surface area is 149 Å². The van der Waals surface area contributed by atoms with Gasteiger partial charge in [0.25, 0.3) is 10.0 Å². The van der Waals surface area contributed by atoms with Crippen molar-refractivity contribution < 1.29 is 13.2 Å². The second-order valence-corrected chi connectivity index (χ2v) is 7.41. The van der Waals surface area contributed by atoms with Crippen molar-refractivity contribution in [2.45, 2.75) is 18.9 Å². The first-order valence-electron chi connectivity index (χ1n) is 7.38. The first kappa shape index (κ1) is 20.4. The van der Waals surface area contributed by atoms with Crippen molar-refractivity contribution in [2.75, 3.05) is 32.2 Å². The molecular weight excluding hydrogens is 352 g/mol. The van der Waals surface area contributed by atoms with Gasteiger partial charge in [-0.3, -0.25) is 4.79 Å². The molecule has 0 spiro atoms. The second kappa shape index (κ2) is 8.46. The van der Waals surface area contributed by atoms with E-state index in [1.54, 1.807) is 43.3 Å². The van der Waals surface area contributed by atoms with Crippen molar-refractivity contribution in [3.63, 3.8) is 0 Å². The molecule has 24 heavy (non-hydrogen) atoms. The lowest BCUT2D eigenvalue weighted by Gasteiger charge is -2.16. The minimum atomic E-state index is -3.49. The highest BCUT2D eigenvalue weighted by molar-refractivity contribution is 7.89. The van der Waals surface area contributed by atoms with Crippen molar-refractivity contribution >= 4 is 39.9 Å². The van der Waals surface area contributed by atoms with Crippen LogP contribution in [0.1, 0.15) is 18.4 Å². The van der Waals surface area contributed by atoms with Gasteiger partial charge in [0.15, 0.2) is 0 Å². The Kier molecular flexibility index (Phi) is 7.19. The number of carbonyl (C=O) groups is 1. The molecule has 0 saturated carbocycles. The van der Waals surface area contributed by atoms with Gasteiger partial charge in [0.05, 0.1) is 12.3 Å². The predicted octanol–water partition coefficient (Wildman–Crippen LogP) is 1.07. The van der Waals surface area contributed by atoms with E-state index in [1.807, 2.05) is 0 Å². The van der Waals surface area contributed by atoms with Crippen molar-refractivity contribution in [2.24, 2.45) is 4.40 Å². The summed E-state index contributed by atoms with van der Waals surface area (Å²) in [7, 11) is -0.0331. The number of carbonyl (C=O) groups excluding carboxylic acids is 1. The molecule has 1 atom stereocenters. The maximum atomic E-state index is 12.0. The molecule has 9 heteroatoms. The van der Waals surface area contributed by atoms with Crippen LogP contribution in [0.5, 0.6) is 0 Å². The molecule has 1 aliphatic heterocycles. The number of benzene rings is 1. The van der Waals surface area contributed by atoms with Crippen LogP contribution in [0.15, 0.2) is 28.7 Å². The minimum absolute atomic E-state index is 0. The summed E-state index contributed by atoms with van der Waals surface area (Å²) in [4.78, 5) is 13.7. The lowest BCUT2D eigenvalue weighted by Crippen LogP contribution is -2.35. The van der Waals surface area contributed by atoms with Gasteiger partial charge in [0.2, 0.25) is 5.91 Å². The molecule has 1 heterocycles. The molecule has 0 aliphatic carbocycles. The Bertz CT molecular complexity index is 696. The van der Waals surface area contributed by atoms with Gasteiger partial charge in [-0.1, -0.05) is 0 Å². The maximum Gasteiger partial charge on any atom is 0.252 e. The Morgan fingerprint density at radius 2 is 1.92 bits per heavy atom. The van der Waals surface area contributed by atoms with E-state index >= 15 is 0 Å². The summed E-state index contributed by atoms with van der Waals surface area (Å²) in [6, 6.07) is 6.81. The van der Waals surface area contributed by atoms with Gasteiger partial charge in [-0.25, -0.2) is 8.42 Å². The number of nitrogens with one attached hydrogen (secondary N) is 2. The second-order valence-electron chi connectivity index (χ2n) is 5.76. The number of rotatable bonds is 4. The summed E-state index contributed by atoms with van der Waals surface area (Å²) in [5, 5.41) is 6.00. The fourth-order valence-electron chi connectivity index (χ4n) is 2.39. The van der Waals surface area contributed by atoms with Gasteiger partial charge in [-0.2, -0.15) is 0 Å². The predicted molar refractivity (Wildman–Crippen MR) is 98.4 cm³/mol. The molecule has 1 fully saturated rings. The zero-order valence-electron chi connectivity index (χ0n) is 13.9. The van der Waals surface area contributed by atoms with E-state index < -0.39 is 10.0 Å². The maximum absolute atomic E-state index is 12.0. The molecule has 1 aromatic carbocycles. The zero-order chi connectivity index (χ0) is 17.0. The van der Waals surface area contributed by atoms with Crippen molar-refractivity contribution in [1.29, 1.82) is 0 Å². The van der Waals surface area contributed by atoms with Crippen molar-refractivity contribution in [3.8, 4) is 0 Å². The molecular formula is C15H23ClN4O3S. The number of amides is 1. The highest BCUT2D eigenvalue weighted by atomic mass is 35.5. The topological polar surface area (TPSA) is 90.9 Å². The Morgan fingerprint density at radius 1 is 1.29 bits per heavy atom. The third-order valence-electron chi connectivity index (χ3n) is 3.46. The normalized spacial score (nSPS) is 18.0. The fourth-order valence-corrected chi connectivity index (χ4v) is 2.97. The van der Waals surface area contributed by atoms with Gasteiger partial charge in [0.1, 0.15) is 5.84 Å². The van der Waals surface area contributed by atoms with Crippen LogP contribution in [0.25, 0.3) is 0 Å². The van der Waals surface area contributed by atoms with E-state index in [0.29, 0.717) is 17.1 Å². The first-order chi connectivity index (χ1) is 10.8. The average Bonchev–Trinajstić information content (AvgIpc) is 2.99. The third-order valence-corrected chi connectivity index (χ3v) is 3.97. The third kappa shape index (κ3) is 5.77. The highest BCUT2D eigenvalue weighted by Gasteiger charge is 2.21. The number of hydrogen-bond acceptors (Lipinski definition) is 4. The smallest absolute Gasteiger partial charge is 0.252 e. The molecule has 0 unspecified atom stereocenters. The Balaban J connectivity index is 0.00000288. The Hall–Kier alpha value is -1.64. The van der Waals surface area contributed by atoms with E-state index in [2.05, 4.69) is 15.0 Å². The highest BCUT2D eigenvalue weighted by Crippen LogP contribution is 2.14. The SMILES string of the molecule is CN(C)C(=NS(C)(=O)=O)c1ccc(NC(=O)[C@H]2CCCN2)cc1.Cl. The van der Waals surface area contributed by atoms with Crippen LogP contribution in [0, 0.1) is 0 Å². The number of sulfonamides is 1. The monoisotopic (exact) mass is 374 g/mol. The molecule has 0 aromatic heterocycles. The molecule has 2 rings (SSSR count). The van der Waals surface area contributed by atoms with E-state index in [4.69, 9.17) is 0 Å². The van der Waals surface area contributed by atoms with Gasteiger partial charge in [-0.15, -0.1) is 16.8 Å². The van der Waals surface area contributed by atoms with E-state index in [9.17, 15) is 13.2 Å². The average molecular weight is 375 g/mol. The number of halogens is 1. The van der Waals surface area contributed by atoms with Crippen molar-refractivity contribution in [1.82, 2.24) is 10.2 Å². The number of anilines is 1. The summed E-state index contributed by atoms with van der Waals surface area (Å²) in [6.07, 6.45) is 2.90. The van der Waals surface area contributed by atoms with Crippen LogP contribution in [0.3, 0.4) is 0 Å². The van der Waals surface area contributed by atoms with Crippen LogP contribution in [0.4, 0.5) is 5.69 Å². The van der Waals surface area contributed by atoms with Crippen LogP contribution in [-0.2, 0) is 14.8 Å². The van der Waals surface area contributed by atoms with Crippen molar-refractivity contribution in [3.05, 3.63) is 29.8 Å². The summed E-state index contributed by atoms with van der Waals surface area (Å²) < 4.78 is 26.6. The standard InChI is InChI=1S/C15H22N4O3S.ClH/c1-19(2)14(18-23(3,21)22)11-6-8-12(9-7-11)17-15(20)13-5-4-10-16-13;/h6-9,13,16H,4-5,10H2,1-3H3,(H,17,20);1H/t13-;/m1./s1. The summed E-state index contributed by atoms with van der Waals surface area (Å²) in [5.41, 5.74) is 1.34. The van der Waals surface area contributed by atoms with E-state index in [-0.39, 0.29) is 24.4 Å². The molecule has 134 valence electrons. The molecule has 2 N–H and O–H groups in total. The van der Waals surface area contributed by atoms with E-state index in [1.165, 1.54) is 0 Å². The van der Waals surface area contributed by atoms with E-state index in [0.717, 1.165) is 25.6 Å². The molecule has 1 amide bonds. The zero-order valence-corrected chi connectivity index (χ0v) is 15.6. The Morgan fingerprint density at radius 3 is 2.38 bits per heavy atom. The van der Waals surface area contributed by atoms with Crippen LogP contribution < -0.4 is 10.6 Å². The summed E-state index contributed by atoms with van der Waals surface area (Å²) >= 11 is 0. The molecule has 1 aromatic rings. The lowest BCUT2D eigenvalue weighted by molar-refractivity contribution is -0.117. The number of hydrogen-bond donors (Lipinski definition) is 2. The minimum Gasteiger partial charge on any atom is -0.362 e. The van der Waals surface area contributed by atoms with Gasteiger partial charge >= 0.3 is 0 Å². The van der Waals surface area contributed by atoms with Gasteiger partial charge < -0.3 is 15.5 Å². The van der Waals surface area contributed by atoms with Gasteiger partial charge in [-0.05, 0) is 43.7 Å². The van der Waals surface area contributed by atoms with Crippen LogP contribution in [-0.4, -0.2) is 58.0 Å². The quantitative estimate of drug-likeness (QED) is 0.607. The van der Waals surface area contributed by atoms with Crippen LogP contribution in [0.2, 0.25) is 0 Å². The summed E-state index contributed by atoms with van der Waals surface area (Å²) in [5.74, 6) is 0.302. The number of amidine groups is 1. The lowest BCUT2D eigenvalue weighted by atomic mass is 10.1. The number of nitrogens with zero attached hydrogens (tertiary/aromatic N) is 2. The van der Waals surface area contributed by atoms with Gasteiger partial charge in [0, 0.05) is 25.3 Å². The van der Waals surface area contributed by atoms with Crippen LogP contribution >= 0.6 is 12.4 Å².